The van der Waals surface area contributed by atoms with Gasteiger partial charge in [-0.1, -0.05) is 25.4 Å². The molecule has 0 saturated heterocycles. The fourth-order valence-corrected chi connectivity index (χ4v) is 2.17. The van der Waals surface area contributed by atoms with Crippen molar-refractivity contribution in [2.45, 2.75) is 20.3 Å². The highest BCUT2D eigenvalue weighted by molar-refractivity contribution is 6.33. The first-order chi connectivity index (χ1) is 8.31. The lowest BCUT2D eigenvalue weighted by molar-refractivity contribution is -0.118. The van der Waals surface area contributed by atoms with E-state index in [4.69, 9.17) is 16.7 Å². The van der Waals surface area contributed by atoms with Crippen LogP contribution in [0.3, 0.4) is 0 Å². The fourth-order valence-electron chi connectivity index (χ4n) is 1.91. The molecule has 1 atom stereocenters. The number of aromatic carboxylic acids is 1. The van der Waals surface area contributed by atoms with Crippen LogP contribution in [0, 0.1) is 11.3 Å². The zero-order valence-corrected chi connectivity index (χ0v) is 10.9. The minimum atomic E-state index is -1.08. The molecule has 0 aliphatic heterocycles. The lowest BCUT2D eigenvalue weighted by Crippen LogP contribution is -2.16. The molecular weight excluding hydrogens is 254 g/mol. The van der Waals surface area contributed by atoms with Gasteiger partial charge in [0.25, 0.3) is 0 Å². The zero-order valence-electron chi connectivity index (χ0n) is 10.2. The Morgan fingerprint density at radius 1 is 1.44 bits per heavy atom. The van der Waals surface area contributed by atoms with E-state index in [9.17, 15) is 9.59 Å². The van der Waals surface area contributed by atoms with Crippen LogP contribution >= 0.6 is 11.6 Å². The van der Waals surface area contributed by atoms with Crippen molar-refractivity contribution in [2.24, 2.45) is 11.3 Å². The molecule has 1 aromatic rings. The summed E-state index contributed by atoms with van der Waals surface area (Å²) in [6.45, 7) is 4.08. The Bertz CT molecular complexity index is 525. The molecule has 18 heavy (non-hydrogen) atoms. The van der Waals surface area contributed by atoms with E-state index in [-0.39, 0.29) is 27.8 Å². The number of amides is 1. The number of rotatable bonds is 3. The fraction of sp³-hybridized carbons (Fsp3) is 0.385. The van der Waals surface area contributed by atoms with Crippen LogP contribution in [0.2, 0.25) is 5.02 Å². The largest absolute Gasteiger partial charge is 0.478 e. The second-order valence-corrected chi connectivity index (χ2v) is 5.64. The van der Waals surface area contributed by atoms with Crippen LogP contribution in [0.25, 0.3) is 0 Å². The lowest BCUT2D eigenvalue weighted by atomic mass is 10.1. The molecule has 0 spiro atoms. The zero-order chi connectivity index (χ0) is 13.5. The molecule has 1 saturated carbocycles. The van der Waals surface area contributed by atoms with Gasteiger partial charge in [-0.15, -0.1) is 0 Å². The standard InChI is InChI=1S/C13H14ClNO3/c1-13(2)6-9(13)11(16)15-7-3-4-8(12(17)18)10(14)5-7/h3-5,9H,6H2,1-2H3,(H,15,16)(H,17,18)/t9-/m1/s1. The number of hydrogen-bond acceptors (Lipinski definition) is 2. The monoisotopic (exact) mass is 267 g/mol. The van der Waals surface area contributed by atoms with Crippen molar-refractivity contribution in [3.05, 3.63) is 28.8 Å². The summed E-state index contributed by atoms with van der Waals surface area (Å²) in [5, 5.41) is 11.7. The van der Waals surface area contributed by atoms with Crippen molar-refractivity contribution in [1.82, 2.24) is 0 Å². The second kappa shape index (κ2) is 4.28. The van der Waals surface area contributed by atoms with Crippen molar-refractivity contribution in [2.75, 3.05) is 5.32 Å². The first kappa shape index (κ1) is 12.9. The molecule has 5 heteroatoms. The molecule has 0 heterocycles. The third kappa shape index (κ3) is 2.48. The topological polar surface area (TPSA) is 66.4 Å². The van der Waals surface area contributed by atoms with Crippen LogP contribution in [0.5, 0.6) is 0 Å². The Morgan fingerprint density at radius 2 is 2.06 bits per heavy atom. The molecule has 96 valence electrons. The van der Waals surface area contributed by atoms with Gasteiger partial charge in [0.1, 0.15) is 0 Å². The van der Waals surface area contributed by atoms with Gasteiger partial charge in [-0.2, -0.15) is 0 Å². The smallest absolute Gasteiger partial charge is 0.337 e. The van der Waals surface area contributed by atoms with Crippen LogP contribution in [0.15, 0.2) is 18.2 Å². The number of carbonyl (C=O) groups excluding carboxylic acids is 1. The summed E-state index contributed by atoms with van der Waals surface area (Å²) in [6.07, 6.45) is 0.875. The molecule has 2 rings (SSSR count). The van der Waals surface area contributed by atoms with Crippen molar-refractivity contribution >= 4 is 29.2 Å². The van der Waals surface area contributed by atoms with Gasteiger partial charge in [0.2, 0.25) is 5.91 Å². The number of carboxylic acid groups (broad SMARTS) is 1. The first-order valence-corrected chi connectivity index (χ1v) is 6.03. The van der Waals surface area contributed by atoms with E-state index in [2.05, 4.69) is 5.32 Å². The van der Waals surface area contributed by atoms with E-state index in [1.54, 1.807) is 6.07 Å². The highest BCUT2D eigenvalue weighted by Crippen LogP contribution is 2.52. The molecule has 1 amide bonds. The van der Waals surface area contributed by atoms with Crippen molar-refractivity contribution < 1.29 is 14.7 Å². The summed E-state index contributed by atoms with van der Waals surface area (Å²) in [5.74, 6) is -1.10. The van der Waals surface area contributed by atoms with Crippen LogP contribution in [-0.4, -0.2) is 17.0 Å². The van der Waals surface area contributed by atoms with Crippen LogP contribution < -0.4 is 5.32 Å². The molecule has 1 aliphatic carbocycles. The molecule has 0 unspecified atom stereocenters. The molecule has 1 aromatic carbocycles. The summed E-state index contributed by atoms with van der Waals surface area (Å²) in [7, 11) is 0. The van der Waals surface area contributed by atoms with Crippen molar-refractivity contribution in [1.29, 1.82) is 0 Å². The molecule has 1 fully saturated rings. The lowest BCUT2D eigenvalue weighted by Gasteiger charge is -2.08. The normalized spacial score (nSPS) is 20.3. The van der Waals surface area contributed by atoms with Crippen molar-refractivity contribution in [3.8, 4) is 0 Å². The molecule has 0 radical (unpaired) electrons. The third-order valence-corrected chi connectivity index (χ3v) is 3.61. The number of carbonyl (C=O) groups is 2. The molecule has 0 aromatic heterocycles. The Hall–Kier alpha value is -1.55. The predicted octanol–water partition coefficient (Wildman–Crippen LogP) is 3.02. The Morgan fingerprint density at radius 3 is 2.50 bits per heavy atom. The number of carboxylic acids is 1. The van der Waals surface area contributed by atoms with Gasteiger partial charge < -0.3 is 10.4 Å². The Kier molecular flexibility index (Phi) is 3.07. The van der Waals surface area contributed by atoms with Gasteiger partial charge in [0.05, 0.1) is 10.6 Å². The number of halogens is 1. The average Bonchev–Trinajstić information content (AvgIpc) is 2.87. The van der Waals surface area contributed by atoms with Gasteiger partial charge in [-0.3, -0.25) is 4.79 Å². The molecule has 4 nitrogen and oxygen atoms in total. The van der Waals surface area contributed by atoms with Crippen LogP contribution in [0.4, 0.5) is 5.69 Å². The first-order valence-electron chi connectivity index (χ1n) is 5.65. The van der Waals surface area contributed by atoms with E-state index in [1.165, 1.54) is 12.1 Å². The molecular formula is C13H14ClNO3. The highest BCUT2D eigenvalue weighted by Gasteiger charge is 2.50. The molecule has 1 aliphatic rings. The predicted molar refractivity (Wildman–Crippen MR) is 68.9 cm³/mol. The number of benzene rings is 1. The molecule has 0 bridgehead atoms. The minimum Gasteiger partial charge on any atom is -0.478 e. The van der Waals surface area contributed by atoms with Gasteiger partial charge in [0.15, 0.2) is 0 Å². The van der Waals surface area contributed by atoms with Crippen molar-refractivity contribution in [3.63, 3.8) is 0 Å². The summed E-state index contributed by atoms with van der Waals surface area (Å²) in [6, 6.07) is 4.39. The summed E-state index contributed by atoms with van der Waals surface area (Å²) >= 11 is 5.83. The summed E-state index contributed by atoms with van der Waals surface area (Å²) in [4.78, 5) is 22.6. The van der Waals surface area contributed by atoms with E-state index in [1.807, 2.05) is 13.8 Å². The minimum absolute atomic E-state index is 0.0235. The van der Waals surface area contributed by atoms with Crippen LogP contribution in [-0.2, 0) is 4.79 Å². The number of anilines is 1. The van der Waals surface area contributed by atoms with Gasteiger partial charge in [-0.25, -0.2) is 4.79 Å². The average molecular weight is 268 g/mol. The maximum atomic E-state index is 11.8. The SMILES string of the molecule is CC1(C)C[C@@H]1C(=O)Nc1ccc(C(=O)O)c(Cl)c1. The quantitative estimate of drug-likeness (QED) is 0.885. The van der Waals surface area contributed by atoms with Gasteiger partial charge >= 0.3 is 5.97 Å². The Labute approximate surface area is 110 Å². The maximum Gasteiger partial charge on any atom is 0.337 e. The number of nitrogens with one attached hydrogen (secondary N) is 1. The van der Waals surface area contributed by atoms with E-state index >= 15 is 0 Å². The highest BCUT2D eigenvalue weighted by atomic mass is 35.5. The maximum absolute atomic E-state index is 11.8. The van der Waals surface area contributed by atoms with Gasteiger partial charge in [0, 0.05) is 11.6 Å². The van der Waals surface area contributed by atoms with Gasteiger partial charge in [-0.05, 0) is 30.0 Å². The number of hydrogen-bond donors (Lipinski definition) is 2. The third-order valence-electron chi connectivity index (χ3n) is 3.30. The second-order valence-electron chi connectivity index (χ2n) is 5.23. The Balaban J connectivity index is 2.09. The van der Waals surface area contributed by atoms with E-state index in [0.29, 0.717) is 5.69 Å². The molecule has 2 N–H and O–H groups in total. The van der Waals surface area contributed by atoms with E-state index < -0.39 is 5.97 Å². The summed E-state index contributed by atoms with van der Waals surface area (Å²) < 4.78 is 0. The van der Waals surface area contributed by atoms with Crippen LogP contribution in [0.1, 0.15) is 30.6 Å². The van der Waals surface area contributed by atoms with E-state index in [0.717, 1.165) is 6.42 Å². The summed E-state index contributed by atoms with van der Waals surface area (Å²) in [5.41, 5.74) is 0.619.